The lowest BCUT2D eigenvalue weighted by atomic mass is 9.86. The van der Waals surface area contributed by atoms with E-state index in [9.17, 15) is 9.90 Å². The fraction of sp³-hybridized carbons (Fsp3) is 0.333. The van der Waals surface area contributed by atoms with Crippen molar-refractivity contribution in [3.05, 3.63) is 83.0 Å². The molecule has 0 bridgehead atoms. The molecular weight excluding hydrogens is 392 g/mol. The van der Waals surface area contributed by atoms with Crippen LogP contribution in [0.15, 0.2) is 60.7 Å². The molecule has 1 saturated heterocycles. The number of hydrogen-bond donors (Lipinski definition) is 3. The molecule has 0 spiro atoms. The smallest absolute Gasteiger partial charge is 0.256 e. The summed E-state index contributed by atoms with van der Waals surface area (Å²) in [5.74, 6) is 0.319. The zero-order chi connectivity index (χ0) is 22.0. The second-order valence-electron chi connectivity index (χ2n) is 8.15. The van der Waals surface area contributed by atoms with Crippen molar-refractivity contribution in [3.63, 3.8) is 0 Å². The summed E-state index contributed by atoms with van der Waals surface area (Å²) in [5, 5.41) is 17.5. The third kappa shape index (κ3) is 4.69. The van der Waals surface area contributed by atoms with Gasteiger partial charge in [0.1, 0.15) is 5.82 Å². The highest BCUT2D eigenvalue weighted by Gasteiger charge is 2.35. The molecule has 0 aliphatic carbocycles. The number of aromatic nitrogens is 2. The van der Waals surface area contributed by atoms with Crippen molar-refractivity contribution in [1.29, 1.82) is 0 Å². The van der Waals surface area contributed by atoms with Gasteiger partial charge in [0.25, 0.3) is 5.91 Å². The summed E-state index contributed by atoms with van der Waals surface area (Å²) in [6.45, 7) is 4.61. The number of aryl methyl sites for hydroxylation is 1. The van der Waals surface area contributed by atoms with Gasteiger partial charge in [-0.15, -0.1) is 0 Å². The van der Waals surface area contributed by atoms with E-state index in [0.717, 1.165) is 16.8 Å². The Labute approximate surface area is 181 Å². The zero-order valence-corrected chi connectivity index (χ0v) is 17.7. The van der Waals surface area contributed by atoms with E-state index in [1.54, 1.807) is 16.8 Å². The highest BCUT2D eigenvalue weighted by molar-refractivity contribution is 6.04. The number of hydrogen-bond acceptors (Lipinski definition) is 5. The van der Waals surface area contributed by atoms with Crippen LogP contribution in [-0.2, 0) is 11.3 Å². The van der Waals surface area contributed by atoms with Gasteiger partial charge in [0, 0.05) is 23.6 Å². The van der Waals surface area contributed by atoms with Crippen LogP contribution in [0.25, 0.3) is 0 Å². The average Bonchev–Trinajstić information content (AvgIpc) is 3.11. The maximum Gasteiger partial charge on any atom is 0.256 e. The van der Waals surface area contributed by atoms with Crippen molar-refractivity contribution < 1.29 is 14.6 Å². The van der Waals surface area contributed by atoms with Crippen LogP contribution in [0.4, 0.5) is 5.82 Å². The van der Waals surface area contributed by atoms with Gasteiger partial charge in [0.15, 0.2) is 0 Å². The Balaban J connectivity index is 1.52. The topological polar surface area (TPSA) is 102 Å². The summed E-state index contributed by atoms with van der Waals surface area (Å²) in [4.78, 5) is 13.0. The van der Waals surface area contributed by atoms with Crippen molar-refractivity contribution in [2.24, 2.45) is 11.7 Å². The Hall–Kier alpha value is -3.00. The van der Waals surface area contributed by atoms with Crippen LogP contribution < -0.4 is 11.1 Å². The van der Waals surface area contributed by atoms with E-state index in [1.807, 2.05) is 62.4 Å². The van der Waals surface area contributed by atoms with Gasteiger partial charge in [-0.3, -0.25) is 4.79 Å². The fourth-order valence-corrected chi connectivity index (χ4v) is 3.88. The van der Waals surface area contributed by atoms with Crippen molar-refractivity contribution in [2.75, 3.05) is 11.9 Å². The van der Waals surface area contributed by atoms with Crippen LogP contribution in [0.5, 0.6) is 0 Å². The first kappa shape index (κ1) is 21.2. The minimum Gasteiger partial charge on any atom is -0.390 e. The second-order valence-corrected chi connectivity index (χ2v) is 8.15. The fourth-order valence-electron chi connectivity index (χ4n) is 3.88. The normalized spacial score (nSPS) is 23.5. The number of amides is 1. The van der Waals surface area contributed by atoms with Gasteiger partial charge in [-0.1, -0.05) is 49.4 Å². The number of benzene rings is 2. The van der Waals surface area contributed by atoms with Crippen LogP contribution in [-0.4, -0.2) is 39.5 Å². The summed E-state index contributed by atoms with van der Waals surface area (Å²) < 4.78 is 7.57. The molecule has 1 aromatic heterocycles. The van der Waals surface area contributed by atoms with Gasteiger partial charge >= 0.3 is 0 Å². The van der Waals surface area contributed by atoms with E-state index in [-0.39, 0.29) is 30.6 Å². The SMILES string of the molecule is Cc1cc(NC(=O)c2cccc([C@H]3OC[C@@H](O)[C@H](C)C3N)c2)n(Cc2ccccc2)n1. The number of aliphatic hydroxyl groups excluding tert-OH is 1. The Kier molecular flexibility index (Phi) is 6.18. The predicted molar refractivity (Wildman–Crippen MR) is 119 cm³/mol. The number of nitrogens with one attached hydrogen (secondary N) is 1. The molecule has 1 fully saturated rings. The number of rotatable bonds is 5. The standard InChI is InChI=1S/C24H28N4O3/c1-15-11-21(28(27-15)13-17-7-4-3-5-8-17)26-24(30)19-10-6-9-18(12-19)23-22(25)16(2)20(29)14-31-23/h3-12,16,20,22-23,29H,13-14,25H2,1-2H3,(H,26,30)/t16-,20+,22?,23+/m0/s1. The molecule has 2 heterocycles. The first-order chi connectivity index (χ1) is 14.9. The lowest BCUT2D eigenvalue weighted by molar-refractivity contribution is -0.0977. The lowest BCUT2D eigenvalue weighted by Crippen LogP contribution is -2.48. The summed E-state index contributed by atoms with van der Waals surface area (Å²) in [6.07, 6.45) is -0.942. The molecule has 1 aliphatic heterocycles. The van der Waals surface area contributed by atoms with Gasteiger partial charge in [-0.05, 0) is 30.2 Å². The van der Waals surface area contributed by atoms with Gasteiger partial charge < -0.3 is 20.9 Å². The maximum absolute atomic E-state index is 13.0. The van der Waals surface area contributed by atoms with E-state index < -0.39 is 6.10 Å². The number of carbonyl (C=O) groups is 1. The van der Waals surface area contributed by atoms with E-state index >= 15 is 0 Å². The van der Waals surface area contributed by atoms with Crippen LogP contribution in [0.3, 0.4) is 0 Å². The molecule has 0 radical (unpaired) electrons. The van der Waals surface area contributed by atoms with E-state index in [1.165, 1.54) is 0 Å². The quantitative estimate of drug-likeness (QED) is 0.589. The molecule has 1 unspecified atom stereocenters. The third-order valence-corrected chi connectivity index (χ3v) is 5.81. The minimum atomic E-state index is -0.578. The summed E-state index contributed by atoms with van der Waals surface area (Å²) in [7, 11) is 0. The Bertz CT molecular complexity index is 1050. The van der Waals surface area contributed by atoms with Crippen molar-refractivity contribution in [3.8, 4) is 0 Å². The molecule has 7 nitrogen and oxygen atoms in total. The zero-order valence-electron chi connectivity index (χ0n) is 17.7. The third-order valence-electron chi connectivity index (χ3n) is 5.81. The first-order valence-electron chi connectivity index (χ1n) is 10.5. The largest absolute Gasteiger partial charge is 0.390 e. The number of ether oxygens (including phenoxy) is 1. The monoisotopic (exact) mass is 420 g/mol. The summed E-state index contributed by atoms with van der Waals surface area (Å²) in [5.41, 5.74) is 9.56. The molecule has 7 heteroatoms. The number of anilines is 1. The van der Waals surface area contributed by atoms with Crippen LogP contribution in [0, 0.1) is 12.8 Å². The molecule has 31 heavy (non-hydrogen) atoms. The van der Waals surface area contributed by atoms with Gasteiger partial charge in [-0.2, -0.15) is 5.10 Å². The average molecular weight is 421 g/mol. The molecule has 1 aliphatic rings. The second kappa shape index (κ2) is 9.01. The molecule has 4 atom stereocenters. The molecular formula is C24H28N4O3. The first-order valence-corrected chi connectivity index (χ1v) is 10.5. The van der Waals surface area contributed by atoms with E-state index in [2.05, 4.69) is 10.4 Å². The van der Waals surface area contributed by atoms with Crippen LogP contribution in [0.2, 0.25) is 0 Å². The van der Waals surface area contributed by atoms with Crippen LogP contribution >= 0.6 is 0 Å². The number of nitrogens with two attached hydrogens (primary N) is 1. The highest BCUT2D eigenvalue weighted by Crippen LogP contribution is 2.31. The van der Waals surface area contributed by atoms with Gasteiger partial charge in [0.05, 0.1) is 31.1 Å². The minimum absolute atomic E-state index is 0.0912. The Morgan fingerprint density at radius 1 is 1.23 bits per heavy atom. The van der Waals surface area contributed by atoms with Gasteiger partial charge in [0.2, 0.25) is 0 Å². The molecule has 3 aromatic rings. The van der Waals surface area contributed by atoms with E-state index in [0.29, 0.717) is 17.9 Å². The Morgan fingerprint density at radius 3 is 2.77 bits per heavy atom. The summed E-state index contributed by atoms with van der Waals surface area (Å²) in [6, 6.07) is 18.8. The number of aliphatic hydroxyl groups is 1. The molecule has 0 saturated carbocycles. The van der Waals surface area contributed by atoms with Gasteiger partial charge in [-0.25, -0.2) is 4.68 Å². The predicted octanol–water partition coefficient (Wildman–Crippen LogP) is 2.89. The molecule has 4 N–H and O–H groups in total. The number of carbonyl (C=O) groups excluding carboxylic acids is 1. The van der Waals surface area contributed by atoms with Crippen molar-refractivity contribution in [1.82, 2.24) is 9.78 Å². The van der Waals surface area contributed by atoms with Crippen LogP contribution in [0.1, 0.15) is 40.2 Å². The molecule has 2 aromatic carbocycles. The van der Waals surface area contributed by atoms with Crippen molar-refractivity contribution >= 4 is 11.7 Å². The number of nitrogens with zero attached hydrogens (tertiary/aromatic N) is 2. The maximum atomic E-state index is 13.0. The molecule has 1 amide bonds. The Morgan fingerprint density at radius 2 is 2.00 bits per heavy atom. The van der Waals surface area contributed by atoms with E-state index in [4.69, 9.17) is 10.5 Å². The molecule has 4 rings (SSSR count). The molecule has 162 valence electrons. The summed E-state index contributed by atoms with van der Waals surface area (Å²) >= 11 is 0. The lowest BCUT2D eigenvalue weighted by Gasteiger charge is -2.37. The highest BCUT2D eigenvalue weighted by atomic mass is 16.5. The van der Waals surface area contributed by atoms with Crippen molar-refractivity contribution in [2.45, 2.75) is 38.6 Å².